The molecule has 0 radical (unpaired) electrons. The topological polar surface area (TPSA) is 78.4 Å². The largest absolute Gasteiger partial charge is 0.326 e. The van der Waals surface area contributed by atoms with E-state index in [-0.39, 0.29) is 17.7 Å². The number of rotatable bonds is 4. The van der Waals surface area contributed by atoms with E-state index in [0.717, 1.165) is 24.1 Å². The monoisotopic (exact) mass is 276 g/mol. The summed E-state index contributed by atoms with van der Waals surface area (Å²) < 4.78 is 0. The predicted octanol–water partition coefficient (Wildman–Crippen LogP) is 2.04. The number of nitrogens with one attached hydrogen (secondary N) is 2. The van der Waals surface area contributed by atoms with Crippen molar-refractivity contribution in [1.82, 2.24) is 5.48 Å². The fourth-order valence-corrected chi connectivity index (χ4v) is 2.60. The maximum Gasteiger partial charge on any atom is 0.246 e. The summed E-state index contributed by atoms with van der Waals surface area (Å²) in [4.78, 5) is 23.0. The lowest BCUT2D eigenvalue weighted by Gasteiger charge is -2.23. The predicted molar refractivity (Wildman–Crippen MR) is 75.4 cm³/mol. The fraction of sp³-hybridized carbons (Fsp3) is 0.467. The maximum atomic E-state index is 11.6. The molecular formula is C15H20N2O3. The van der Waals surface area contributed by atoms with E-state index in [4.69, 9.17) is 5.21 Å². The number of hydrogen-bond donors (Lipinski definition) is 3. The normalized spacial score (nSPS) is 17.2. The Bertz CT molecular complexity index is 514. The van der Waals surface area contributed by atoms with E-state index >= 15 is 0 Å². The van der Waals surface area contributed by atoms with Gasteiger partial charge in [-0.3, -0.25) is 14.8 Å². The molecule has 0 aromatic heterocycles. The highest BCUT2D eigenvalue weighted by atomic mass is 16.5. The number of carbonyl (C=O) groups excluding carboxylic acids is 2. The van der Waals surface area contributed by atoms with Crippen LogP contribution in [0.15, 0.2) is 18.2 Å². The van der Waals surface area contributed by atoms with Crippen LogP contribution in [0.5, 0.6) is 0 Å². The summed E-state index contributed by atoms with van der Waals surface area (Å²) in [5.74, 6) is -0.468. The number of hydroxylamine groups is 1. The first-order valence-electron chi connectivity index (χ1n) is 6.99. The molecule has 0 fully saturated rings. The second-order valence-electron chi connectivity index (χ2n) is 5.20. The molecule has 5 heteroatoms. The summed E-state index contributed by atoms with van der Waals surface area (Å²) in [6.45, 7) is 1.97. The molecule has 0 bridgehead atoms. The second-order valence-corrected chi connectivity index (χ2v) is 5.20. The number of benzene rings is 1. The summed E-state index contributed by atoms with van der Waals surface area (Å²) in [5, 5.41) is 11.6. The van der Waals surface area contributed by atoms with Gasteiger partial charge in [-0.1, -0.05) is 13.0 Å². The van der Waals surface area contributed by atoms with Crippen LogP contribution in [0, 0.1) is 5.92 Å². The molecule has 1 aromatic rings. The Hall–Kier alpha value is -1.88. The van der Waals surface area contributed by atoms with E-state index in [1.165, 1.54) is 5.56 Å². The van der Waals surface area contributed by atoms with Gasteiger partial charge >= 0.3 is 0 Å². The minimum absolute atomic E-state index is 0.0285. The van der Waals surface area contributed by atoms with Gasteiger partial charge in [-0.15, -0.1) is 0 Å². The van der Waals surface area contributed by atoms with E-state index in [2.05, 4.69) is 5.32 Å². The summed E-state index contributed by atoms with van der Waals surface area (Å²) in [6, 6.07) is 5.80. The highest BCUT2D eigenvalue weighted by Gasteiger charge is 2.24. The summed E-state index contributed by atoms with van der Waals surface area (Å²) >= 11 is 0. The van der Waals surface area contributed by atoms with Gasteiger partial charge in [0.2, 0.25) is 11.8 Å². The molecule has 108 valence electrons. The molecule has 0 saturated heterocycles. The number of hydrogen-bond acceptors (Lipinski definition) is 3. The van der Waals surface area contributed by atoms with Crippen molar-refractivity contribution in [2.24, 2.45) is 5.92 Å². The van der Waals surface area contributed by atoms with Crippen LogP contribution in [0.2, 0.25) is 0 Å². The average molecular weight is 276 g/mol. The van der Waals surface area contributed by atoms with Crippen molar-refractivity contribution in [2.75, 3.05) is 5.32 Å². The molecule has 0 aliphatic heterocycles. The van der Waals surface area contributed by atoms with Crippen molar-refractivity contribution < 1.29 is 14.8 Å². The lowest BCUT2D eigenvalue weighted by molar-refractivity contribution is -0.133. The van der Waals surface area contributed by atoms with E-state index in [1.54, 1.807) is 5.48 Å². The molecule has 2 amide bonds. The van der Waals surface area contributed by atoms with Gasteiger partial charge in [0.05, 0.1) is 0 Å². The van der Waals surface area contributed by atoms with E-state index in [0.29, 0.717) is 19.3 Å². The van der Waals surface area contributed by atoms with Crippen LogP contribution >= 0.6 is 0 Å². The Morgan fingerprint density at radius 2 is 2.15 bits per heavy atom. The van der Waals surface area contributed by atoms with Gasteiger partial charge in [-0.25, -0.2) is 5.48 Å². The zero-order valence-electron chi connectivity index (χ0n) is 11.6. The van der Waals surface area contributed by atoms with Crippen molar-refractivity contribution in [2.45, 2.75) is 39.0 Å². The van der Waals surface area contributed by atoms with Crippen molar-refractivity contribution in [3.05, 3.63) is 29.3 Å². The first-order chi connectivity index (χ1) is 9.63. The minimum Gasteiger partial charge on any atom is -0.326 e. The van der Waals surface area contributed by atoms with Crippen LogP contribution in [0.3, 0.4) is 0 Å². The van der Waals surface area contributed by atoms with Crippen molar-refractivity contribution in [1.29, 1.82) is 0 Å². The van der Waals surface area contributed by atoms with Gasteiger partial charge in [-0.2, -0.15) is 0 Å². The number of amides is 2. The Kier molecular flexibility index (Phi) is 4.74. The van der Waals surface area contributed by atoms with Crippen molar-refractivity contribution in [3.63, 3.8) is 0 Å². The van der Waals surface area contributed by atoms with Crippen molar-refractivity contribution >= 4 is 17.5 Å². The molecule has 20 heavy (non-hydrogen) atoms. The van der Waals surface area contributed by atoms with E-state index in [9.17, 15) is 9.59 Å². The van der Waals surface area contributed by atoms with Crippen LogP contribution in [-0.2, 0) is 22.4 Å². The van der Waals surface area contributed by atoms with E-state index in [1.807, 2.05) is 25.1 Å². The molecule has 0 heterocycles. The molecule has 1 atom stereocenters. The average Bonchev–Trinajstić information content (AvgIpc) is 2.46. The van der Waals surface area contributed by atoms with Gasteiger partial charge in [-0.05, 0) is 48.9 Å². The number of carbonyl (C=O) groups is 2. The molecule has 1 aromatic carbocycles. The highest BCUT2D eigenvalue weighted by molar-refractivity contribution is 5.90. The lowest BCUT2D eigenvalue weighted by atomic mass is 9.83. The quantitative estimate of drug-likeness (QED) is 0.581. The highest BCUT2D eigenvalue weighted by Crippen LogP contribution is 2.28. The molecule has 1 aliphatic rings. The second kappa shape index (κ2) is 6.52. The van der Waals surface area contributed by atoms with Crippen LogP contribution in [0.25, 0.3) is 0 Å². The maximum absolute atomic E-state index is 11.6. The van der Waals surface area contributed by atoms with E-state index < -0.39 is 0 Å². The first kappa shape index (κ1) is 14.5. The Balaban J connectivity index is 2.07. The summed E-state index contributed by atoms with van der Waals surface area (Å²) in [6.07, 6.45) is 3.48. The minimum atomic E-state index is -0.323. The smallest absolute Gasteiger partial charge is 0.246 e. The van der Waals surface area contributed by atoms with Gasteiger partial charge in [0, 0.05) is 18.0 Å². The number of fused-ring (bicyclic) bond motifs is 1. The van der Waals surface area contributed by atoms with Gasteiger partial charge < -0.3 is 5.32 Å². The Labute approximate surface area is 118 Å². The molecule has 0 saturated carbocycles. The Morgan fingerprint density at radius 3 is 2.85 bits per heavy atom. The zero-order valence-corrected chi connectivity index (χ0v) is 11.6. The molecule has 5 nitrogen and oxygen atoms in total. The third-order valence-corrected chi connectivity index (χ3v) is 3.68. The Morgan fingerprint density at radius 1 is 1.35 bits per heavy atom. The lowest BCUT2D eigenvalue weighted by Crippen LogP contribution is -2.31. The zero-order chi connectivity index (χ0) is 14.5. The SMILES string of the molecule is CCCC(=O)Nc1ccc2c(c1)CCC(C(=O)NO)C2. The summed E-state index contributed by atoms with van der Waals surface area (Å²) in [7, 11) is 0. The molecule has 2 rings (SSSR count). The molecule has 1 aliphatic carbocycles. The molecular weight excluding hydrogens is 256 g/mol. The summed E-state index contributed by atoms with van der Waals surface area (Å²) in [5.41, 5.74) is 4.81. The van der Waals surface area contributed by atoms with Gasteiger partial charge in [0.1, 0.15) is 0 Å². The van der Waals surface area contributed by atoms with Crippen LogP contribution < -0.4 is 10.8 Å². The standard InChI is InChI=1S/C15H20N2O3/c1-2-3-14(18)16-13-7-6-10-8-12(15(19)17-20)5-4-11(10)9-13/h6-7,9,12,20H,2-5,8H2,1H3,(H,16,18)(H,17,19). The third-order valence-electron chi connectivity index (χ3n) is 3.68. The van der Waals surface area contributed by atoms with Crippen LogP contribution in [0.4, 0.5) is 5.69 Å². The number of anilines is 1. The van der Waals surface area contributed by atoms with Gasteiger partial charge in [0.25, 0.3) is 0 Å². The molecule has 0 spiro atoms. The van der Waals surface area contributed by atoms with Crippen LogP contribution in [0.1, 0.15) is 37.3 Å². The van der Waals surface area contributed by atoms with Crippen LogP contribution in [-0.4, -0.2) is 17.0 Å². The molecule has 3 N–H and O–H groups in total. The first-order valence-corrected chi connectivity index (χ1v) is 6.99. The van der Waals surface area contributed by atoms with Gasteiger partial charge in [0.15, 0.2) is 0 Å². The van der Waals surface area contributed by atoms with Crippen molar-refractivity contribution in [3.8, 4) is 0 Å². The number of aryl methyl sites for hydroxylation is 1. The fourth-order valence-electron chi connectivity index (χ4n) is 2.60. The third kappa shape index (κ3) is 3.36. The molecule has 1 unspecified atom stereocenters.